The Morgan fingerprint density at radius 3 is 2.54 bits per heavy atom. The average Bonchev–Trinajstić information content (AvgIpc) is 2.56. The number of hydrogen-bond donors (Lipinski definition) is 3. The fourth-order valence-corrected chi connectivity index (χ4v) is 2.98. The van der Waals surface area contributed by atoms with E-state index < -0.39 is 10.0 Å². The van der Waals surface area contributed by atoms with Gasteiger partial charge in [-0.05, 0) is 37.0 Å². The summed E-state index contributed by atoms with van der Waals surface area (Å²) in [5.41, 5.74) is 0.809. The molecule has 0 aliphatic heterocycles. The monoisotopic (exact) mass is 498 g/mol. The molecule has 0 spiro atoms. The predicted molar refractivity (Wildman–Crippen MR) is 116 cm³/mol. The number of primary sulfonamides is 1. The molecule has 7 nitrogen and oxygen atoms in total. The van der Waals surface area contributed by atoms with Crippen LogP contribution in [0.1, 0.15) is 32.8 Å². The number of rotatable bonds is 9. The number of ether oxygens (including phenoxy) is 1. The zero-order valence-corrected chi connectivity index (χ0v) is 19.0. The molecule has 0 amide bonds. The first-order valence-electron chi connectivity index (χ1n) is 8.45. The number of hydrogen-bond acceptors (Lipinski definition) is 4. The third-order valence-electron chi connectivity index (χ3n) is 3.76. The molecule has 1 atom stereocenters. The number of aliphatic imine (C=N–C) groups is 1. The van der Waals surface area contributed by atoms with Crippen LogP contribution in [0.4, 0.5) is 0 Å². The molecule has 0 radical (unpaired) electrons. The summed E-state index contributed by atoms with van der Waals surface area (Å²) in [4.78, 5) is 4.28. The van der Waals surface area contributed by atoms with Gasteiger partial charge in [0.2, 0.25) is 10.0 Å². The molecule has 0 aromatic heterocycles. The normalized spacial score (nSPS) is 13.2. The third kappa shape index (κ3) is 9.15. The molecule has 0 aliphatic rings. The van der Waals surface area contributed by atoms with E-state index in [0.717, 1.165) is 18.5 Å². The zero-order chi connectivity index (χ0) is 18.9. The zero-order valence-electron chi connectivity index (χ0n) is 15.9. The molecule has 0 heterocycles. The van der Waals surface area contributed by atoms with E-state index in [0.29, 0.717) is 25.0 Å². The molecule has 0 aliphatic carbocycles. The number of halogens is 1. The van der Waals surface area contributed by atoms with Crippen molar-refractivity contribution < 1.29 is 13.2 Å². The molecule has 9 heteroatoms. The second kappa shape index (κ2) is 12.5. The molecular weight excluding hydrogens is 467 g/mol. The SMILES string of the molecule is CCOC(CCNC(=NC)NCc1cccc(S(N)(=O)=O)c1)C(C)C.I. The third-order valence-corrected chi connectivity index (χ3v) is 4.67. The van der Waals surface area contributed by atoms with Crippen LogP contribution in [0.25, 0.3) is 0 Å². The summed E-state index contributed by atoms with van der Waals surface area (Å²) in [6.07, 6.45) is 1.09. The maximum atomic E-state index is 11.4. The Balaban J connectivity index is 0.00000625. The maximum Gasteiger partial charge on any atom is 0.238 e. The van der Waals surface area contributed by atoms with E-state index in [4.69, 9.17) is 9.88 Å². The molecule has 150 valence electrons. The Bertz CT molecular complexity index is 666. The second-order valence-electron chi connectivity index (χ2n) is 6.07. The molecule has 0 saturated heterocycles. The van der Waals surface area contributed by atoms with E-state index >= 15 is 0 Å². The van der Waals surface area contributed by atoms with Gasteiger partial charge in [-0.2, -0.15) is 0 Å². The lowest BCUT2D eigenvalue weighted by atomic mass is 10.0. The van der Waals surface area contributed by atoms with E-state index in [1.807, 2.05) is 13.0 Å². The number of benzene rings is 1. The van der Waals surface area contributed by atoms with E-state index in [1.165, 1.54) is 6.07 Å². The summed E-state index contributed by atoms with van der Waals surface area (Å²) in [5.74, 6) is 1.11. The van der Waals surface area contributed by atoms with Crippen LogP contribution in [0.3, 0.4) is 0 Å². The molecule has 1 aromatic rings. The topological polar surface area (TPSA) is 106 Å². The summed E-state index contributed by atoms with van der Waals surface area (Å²) in [6, 6.07) is 6.53. The lowest BCUT2D eigenvalue weighted by Gasteiger charge is -2.21. The summed E-state index contributed by atoms with van der Waals surface area (Å²) < 4.78 is 28.5. The van der Waals surface area contributed by atoms with E-state index in [2.05, 4.69) is 29.5 Å². The molecule has 0 fully saturated rings. The Kier molecular flexibility index (Phi) is 12.0. The maximum absolute atomic E-state index is 11.4. The van der Waals surface area contributed by atoms with Gasteiger partial charge in [0.25, 0.3) is 0 Å². The number of guanidine groups is 1. The molecule has 4 N–H and O–H groups in total. The number of nitrogens with two attached hydrogens (primary N) is 1. The molecule has 1 rings (SSSR count). The fourth-order valence-electron chi connectivity index (χ4n) is 2.39. The average molecular weight is 498 g/mol. The summed E-state index contributed by atoms with van der Waals surface area (Å²) in [6.45, 7) is 8.18. The van der Waals surface area contributed by atoms with Crippen molar-refractivity contribution in [2.45, 2.75) is 44.7 Å². The van der Waals surface area contributed by atoms with Crippen LogP contribution in [-0.4, -0.2) is 40.7 Å². The molecular formula is C17H31IN4O3S. The van der Waals surface area contributed by atoms with Gasteiger partial charge in [0.1, 0.15) is 0 Å². The Morgan fingerprint density at radius 2 is 2.00 bits per heavy atom. The minimum Gasteiger partial charge on any atom is -0.378 e. The highest BCUT2D eigenvalue weighted by atomic mass is 127. The second-order valence-corrected chi connectivity index (χ2v) is 7.63. The van der Waals surface area contributed by atoms with Crippen LogP contribution in [0, 0.1) is 5.92 Å². The van der Waals surface area contributed by atoms with Gasteiger partial charge in [0.05, 0.1) is 11.0 Å². The van der Waals surface area contributed by atoms with E-state index in [-0.39, 0.29) is 35.0 Å². The molecule has 1 unspecified atom stereocenters. The van der Waals surface area contributed by atoms with Gasteiger partial charge >= 0.3 is 0 Å². The van der Waals surface area contributed by atoms with Crippen molar-refractivity contribution in [3.05, 3.63) is 29.8 Å². The molecule has 0 saturated carbocycles. The minimum absolute atomic E-state index is 0. The van der Waals surface area contributed by atoms with Crippen LogP contribution in [0.15, 0.2) is 34.2 Å². The quantitative estimate of drug-likeness (QED) is 0.275. The first-order valence-corrected chi connectivity index (χ1v) is 10.0. The summed E-state index contributed by atoms with van der Waals surface area (Å²) >= 11 is 0. The predicted octanol–water partition coefficient (Wildman–Crippen LogP) is 2.07. The number of sulfonamides is 1. The Morgan fingerprint density at radius 1 is 1.31 bits per heavy atom. The van der Waals surface area contributed by atoms with Crippen LogP contribution in [0.5, 0.6) is 0 Å². The van der Waals surface area contributed by atoms with Crippen molar-refractivity contribution in [2.24, 2.45) is 16.0 Å². The van der Waals surface area contributed by atoms with Gasteiger partial charge < -0.3 is 15.4 Å². The Hall–Kier alpha value is -0.910. The van der Waals surface area contributed by atoms with Gasteiger partial charge in [0.15, 0.2) is 5.96 Å². The first kappa shape index (κ1) is 25.1. The van der Waals surface area contributed by atoms with Gasteiger partial charge in [-0.3, -0.25) is 4.99 Å². The minimum atomic E-state index is -3.69. The standard InChI is InChI=1S/C17H30N4O3S.HI/c1-5-24-16(13(2)3)9-10-20-17(19-4)21-12-14-7-6-8-15(11-14)25(18,22)23;/h6-8,11,13,16H,5,9-10,12H2,1-4H3,(H2,18,22,23)(H2,19,20,21);1H. The highest BCUT2D eigenvalue weighted by Gasteiger charge is 2.13. The van der Waals surface area contributed by atoms with Crippen molar-refractivity contribution in [2.75, 3.05) is 20.2 Å². The number of nitrogens with zero attached hydrogens (tertiary/aromatic N) is 1. The summed E-state index contributed by atoms with van der Waals surface area (Å²) in [7, 11) is -2.00. The highest BCUT2D eigenvalue weighted by molar-refractivity contribution is 14.0. The van der Waals surface area contributed by atoms with Crippen LogP contribution >= 0.6 is 24.0 Å². The summed E-state index contributed by atoms with van der Waals surface area (Å²) in [5, 5.41) is 11.6. The van der Waals surface area contributed by atoms with Crippen LogP contribution in [0.2, 0.25) is 0 Å². The van der Waals surface area contributed by atoms with Crippen molar-refractivity contribution in [1.29, 1.82) is 0 Å². The van der Waals surface area contributed by atoms with E-state index in [1.54, 1.807) is 19.2 Å². The molecule has 26 heavy (non-hydrogen) atoms. The van der Waals surface area contributed by atoms with Crippen molar-refractivity contribution in [3.63, 3.8) is 0 Å². The van der Waals surface area contributed by atoms with Gasteiger partial charge in [0, 0.05) is 26.7 Å². The number of nitrogens with one attached hydrogen (secondary N) is 2. The van der Waals surface area contributed by atoms with Crippen molar-refractivity contribution in [1.82, 2.24) is 10.6 Å². The smallest absolute Gasteiger partial charge is 0.238 e. The van der Waals surface area contributed by atoms with Crippen LogP contribution in [-0.2, 0) is 21.3 Å². The largest absolute Gasteiger partial charge is 0.378 e. The van der Waals surface area contributed by atoms with E-state index in [9.17, 15) is 8.42 Å². The van der Waals surface area contributed by atoms with Crippen molar-refractivity contribution in [3.8, 4) is 0 Å². The van der Waals surface area contributed by atoms with Gasteiger partial charge in [-0.25, -0.2) is 13.6 Å². The van der Waals surface area contributed by atoms with Crippen molar-refractivity contribution >= 4 is 40.0 Å². The van der Waals surface area contributed by atoms with Gasteiger partial charge in [-0.1, -0.05) is 26.0 Å². The fraction of sp³-hybridized carbons (Fsp3) is 0.588. The lowest BCUT2D eigenvalue weighted by Crippen LogP contribution is -2.39. The lowest BCUT2D eigenvalue weighted by molar-refractivity contribution is 0.0258. The van der Waals surface area contributed by atoms with Crippen LogP contribution < -0.4 is 15.8 Å². The first-order chi connectivity index (χ1) is 11.8. The van der Waals surface area contributed by atoms with Gasteiger partial charge in [-0.15, -0.1) is 24.0 Å². The Labute approximate surface area is 174 Å². The molecule has 0 bridgehead atoms. The highest BCUT2D eigenvalue weighted by Crippen LogP contribution is 2.10. The molecule has 1 aromatic carbocycles.